The number of anilines is 1. The van der Waals surface area contributed by atoms with Crippen LogP contribution in [0, 0.1) is 11.8 Å². The van der Waals surface area contributed by atoms with Gasteiger partial charge in [0.2, 0.25) is 0 Å². The number of hydrogen-bond donors (Lipinski definition) is 2. The topological polar surface area (TPSA) is 64.9 Å². The summed E-state index contributed by atoms with van der Waals surface area (Å²) in [6.45, 7) is 0.365. The van der Waals surface area contributed by atoms with E-state index in [0.29, 0.717) is 12.4 Å². The number of nitrogen functional groups attached to an aromatic ring is 1. The molecule has 0 amide bonds. The molecule has 0 saturated carbocycles. The third kappa shape index (κ3) is 2.28. The lowest BCUT2D eigenvalue weighted by Crippen LogP contribution is -1.93. The van der Waals surface area contributed by atoms with Gasteiger partial charge in [0.1, 0.15) is 5.82 Å². The number of nitrogens with zero attached hydrogens (tertiary/aromatic N) is 1. The first kappa shape index (κ1) is 7.58. The molecule has 0 radical (unpaired) electrons. The van der Waals surface area contributed by atoms with Gasteiger partial charge in [-0.1, -0.05) is 11.8 Å². The van der Waals surface area contributed by atoms with Crippen LogP contribution in [0.15, 0.2) is 18.3 Å². The van der Waals surface area contributed by atoms with Crippen LogP contribution >= 0.6 is 0 Å². The van der Waals surface area contributed by atoms with E-state index in [4.69, 9.17) is 11.5 Å². The zero-order chi connectivity index (χ0) is 8.10. The average Bonchev–Trinajstić information content (AvgIpc) is 2.04. The van der Waals surface area contributed by atoms with Crippen LogP contribution in [0.25, 0.3) is 0 Å². The number of nitrogens with two attached hydrogens (primary N) is 2. The third-order valence-corrected chi connectivity index (χ3v) is 1.12. The van der Waals surface area contributed by atoms with Crippen LogP contribution in [0.3, 0.4) is 0 Å². The predicted octanol–water partition coefficient (Wildman–Crippen LogP) is -0.0260. The van der Waals surface area contributed by atoms with Gasteiger partial charge in [0.15, 0.2) is 0 Å². The first-order valence-corrected chi connectivity index (χ1v) is 3.23. The van der Waals surface area contributed by atoms with E-state index in [2.05, 4.69) is 16.8 Å². The normalized spacial score (nSPS) is 8.45. The van der Waals surface area contributed by atoms with Crippen LogP contribution in [0.2, 0.25) is 0 Å². The summed E-state index contributed by atoms with van der Waals surface area (Å²) in [4.78, 5) is 3.87. The number of rotatable bonds is 0. The maximum atomic E-state index is 5.37. The minimum atomic E-state index is 0.365. The number of hydrogen-bond acceptors (Lipinski definition) is 3. The summed E-state index contributed by atoms with van der Waals surface area (Å²) >= 11 is 0. The monoisotopic (exact) mass is 147 g/mol. The Morgan fingerprint density at radius 1 is 1.45 bits per heavy atom. The summed E-state index contributed by atoms with van der Waals surface area (Å²) in [6, 6.07) is 3.52. The van der Waals surface area contributed by atoms with Gasteiger partial charge in [-0.15, -0.1) is 0 Å². The molecule has 0 saturated heterocycles. The largest absolute Gasteiger partial charge is 0.384 e. The fourth-order valence-electron chi connectivity index (χ4n) is 0.632. The molecular weight excluding hydrogens is 138 g/mol. The van der Waals surface area contributed by atoms with Crippen molar-refractivity contribution in [1.29, 1.82) is 0 Å². The van der Waals surface area contributed by atoms with Crippen molar-refractivity contribution in [1.82, 2.24) is 4.98 Å². The first-order valence-electron chi connectivity index (χ1n) is 3.23. The molecule has 0 unspecified atom stereocenters. The maximum absolute atomic E-state index is 5.37. The van der Waals surface area contributed by atoms with Crippen LogP contribution in [0.4, 0.5) is 5.82 Å². The summed E-state index contributed by atoms with van der Waals surface area (Å²) < 4.78 is 0. The van der Waals surface area contributed by atoms with Gasteiger partial charge < -0.3 is 11.5 Å². The van der Waals surface area contributed by atoms with Gasteiger partial charge in [0, 0.05) is 11.8 Å². The molecule has 1 aromatic heterocycles. The molecule has 0 aliphatic carbocycles. The van der Waals surface area contributed by atoms with Crippen molar-refractivity contribution in [2.75, 3.05) is 12.3 Å². The second-order valence-electron chi connectivity index (χ2n) is 1.98. The van der Waals surface area contributed by atoms with E-state index in [1.54, 1.807) is 12.3 Å². The highest BCUT2D eigenvalue weighted by molar-refractivity contribution is 5.37. The first-order chi connectivity index (χ1) is 5.33. The molecule has 0 spiro atoms. The maximum Gasteiger partial charge on any atom is 0.123 e. The Bertz CT molecular complexity index is 278. The van der Waals surface area contributed by atoms with Crippen LogP contribution in [-0.4, -0.2) is 11.5 Å². The van der Waals surface area contributed by atoms with Gasteiger partial charge >= 0.3 is 0 Å². The Morgan fingerprint density at radius 3 is 2.82 bits per heavy atom. The second kappa shape index (κ2) is 3.59. The molecule has 1 aromatic rings. The minimum absolute atomic E-state index is 0.365. The fourth-order valence-corrected chi connectivity index (χ4v) is 0.632. The Morgan fingerprint density at radius 2 is 2.27 bits per heavy atom. The zero-order valence-electron chi connectivity index (χ0n) is 6.04. The average molecular weight is 147 g/mol. The zero-order valence-corrected chi connectivity index (χ0v) is 6.04. The molecule has 56 valence electrons. The lowest BCUT2D eigenvalue weighted by molar-refractivity contribution is 1.29. The highest BCUT2D eigenvalue weighted by Crippen LogP contribution is 1.98. The smallest absolute Gasteiger partial charge is 0.123 e. The predicted molar refractivity (Wildman–Crippen MR) is 44.6 cm³/mol. The van der Waals surface area contributed by atoms with E-state index in [0.717, 1.165) is 5.56 Å². The van der Waals surface area contributed by atoms with Crippen molar-refractivity contribution in [2.24, 2.45) is 5.73 Å². The van der Waals surface area contributed by atoms with Gasteiger partial charge in [-0.2, -0.15) is 0 Å². The molecule has 0 atom stereocenters. The molecule has 4 N–H and O–H groups in total. The Kier molecular flexibility index (Phi) is 2.47. The van der Waals surface area contributed by atoms with Gasteiger partial charge in [-0.05, 0) is 12.1 Å². The van der Waals surface area contributed by atoms with Crippen molar-refractivity contribution in [3.05, 3.63) is 23.9 Å². The van der Waals surface area contributed by atoms with Crippen LogP contribution in [0.5, 0.6) is 0 Å². The summed E-state index contributed by atoms with van der Waals surface area (Å²) in [5.41, 5.74) is 11.4. The van der Waals surface area contributed by atoms with Crippen LogP contribution in [-0.2, 0) is 0 Å². The molecule has 0 aromatic carbocycles. The molecule has 0 bridgehead atoms. The molecule has 0 fully saturated rings. The fraction of sp³-hybridized carbons (Fsp3) is 0.125. The molecule has 0 aliphatic heterocycles. The van der Waals surface area contributed by atoms with Gasteiger partial charge in [0.25, 0.3) is 0 Å². The quantitative estimate of drug-likeness (QED) is 0.506. The number of aromatic nitrogens is 1. The van der Waals surface area contributed by atoms with Gasteiger partial charge in [-0.3, -0.25) is 0 Å². The van der Waals surface area contributed by atoms with E-state index >= 15 is 0 Å². The van der Waals surface area contributed by atoms with E-state index < -0.39 is 0 Å². The van der Waals surface area contributed by atoms with E-state index in [9.17, 15) is 0 Å². The number of pyridine rings is 1. The third-order valence-electron chi connectivity index (χ3n) is 1.12. The Balaban J connectivity index is 2.82. The van der Waals surface area contributed by atoms with Gasteiger partial charge in [-0.25, -0.2) is 4.98 Å². The standard InChI is InChI=1S/C8H9N3/c9-5-1-2-7-3-4-8(10)11-6-7/h3-4,6H,5,9H2,(H2,10,11). The SMILES string of the molecule is NCC#Cc1ccc(N)nc1. The lowest BCUT2D eigenvalue weighted by Gasteiger charge is -1.89. The van der Waals surface area contributed by atoms with Crippen LogP contribution in [0.1, 0.15) is 5.56 Å². The molecule has 3 nitrogen and oxygen atoms in total. The van der Waals surface area contributed by atoms with Crippen molar-refractivity contribution in [2.45, 2.75) is 0 Å². The second-order valence-corrected chi connectivity index (χ2v) is 1.98. The highest BCUT2D eigenvalue weighted by Gasteiger charge is 1.85. The van der Waals surface area contributed by atoms with E-state index in [1.807, 2.05) is 6.07 Å². The highest BCUT2D eigenvalue weighted by atomic mass is 14.8. The van der Waals surface area contributed by atoms with Crippen molar-refractivity contribution < 1.29 is 0 Å². The van der Waals surface area contributed by atoms with E-state index in [-0.39, 0.29) is 0 Å². The summed E-state index contributed by atoms with van der Waals surface area (Å²) in [6.07, 6.45) is 1.62. The summed E-state index contributed by atoms with van der Waals surface area (Å²) in [5, 5.41) is 0. The molecule has 11 heavy (non-hydrogen) atoms. The summed E-state index contributed by atoms with van der Waals surface area (Å²) in [7, 11) is 0. The molecular formula is C8H9N3. The van der Waals surface area contributed by atoms with Crippen LogP contribution < -0.4 is 11.5 Å². The van der Waals surface area contributed by atoms with Crippen molar-refractivity contribution in [3.63, 3.8) is 0 Å². The van der Waals surface area contributed by atoms with Gasteiger partial charge in [0.05, 0.1) is 6.54 Å². The Hall–Kier alpha value is -1.53. The van der Waals surface area contributed by atoms with Crippen molar-refractivity contribution in [3.8, 4) is 11.8 Å². The molecule has 1 heterocycles. The molecule has 0 aliphatic rings. The summed E-state index contributed by atoms with van der Waals surface area (Å²) in [5.74, 6) is 6.06. The Labute approximate surface area is 65.4 Å². The van der Waals surface area contributed by atoms with E-state index in [1.165, 1.54) is 0 Å². The minimum Gasteiger partial charge on any atom is -0.384 e. The molecule has 3 heteroatoms. The van der Waals surface area contributed by atoms with Crippen molar-refractivity contribution >= 4 is 5.82 Å². The lowest BCUT2D eigenvalue weighted by atomic mass is 10.3. The molecule has 1 rings (SSSR count).